The number of nitrogens with zero attached hydrogens (tertiary/aromatic N) is 5. The summed E-state index contributed by atoms with van der Waals surface area (Å²) in [4.78, 5) is 4.30. The van der Waals surface area contributed by atoms with Crippen LogP contribution >= 0.6 is 0 Å². The lowest BCUT2D eigenvalue weighted by molar-refractivity contribution is 0.418. The van der Waals surface area contributed by atoms with Crippen LogP contribution in [-0.4, -0.2) is 31.7 Å². The fourth-order valence-electron chi connectivity index (χ4n) is 1.52. The van der Waals surface area contributed by atoms with Crippen LogP contribution in [0.25, 0.3) is 11.6 Å². The van der Waals surface area contributed by atoms with Crippen molar-refractivity contribution in [2.24, 2.45) is 11.7 Å². The Kier molecular flexibility index (Phi) is 4.03. The molecule has 0 bridgehead atoms. The van der Waals surface area contributed by atoms with Gasteiger partial charge in [-0.2, -0.15) is 4.98 Å². The molecule has 7 nitrogen and oxygen atoms in total. The van der Waals surface area contributed by atoms with E-state index in [0.29, 0.717) is 36.4 Å². The summed E-state index contributed by atoms with van der Waals surface area (Å²) in [7, 11) is 0. The molecule has 0 unspecified atom stereocenters. The van der Waals surface area contributed by atoms with E-state index >= 15 is 0 Å². The molecule has 0 amide bonds. The first-order chi connectivity index (χ1) is 8.69. The van der Waals surface area contributed by atoms with Gasteiger partial charge in [-0.25, -0.2) is 0 Å². The molecule has 0 aliphatic carbocycles. The smallest absolute Gasteiger partial charge is 0.280 e. The predicted molar refractivity (Wildman–Crippen MR) is 65.5 cm³/mol. The SMILES string of the molecule is CC(C)CCc1noc(-c2cn(CCN)nn2)n1. The number of aryl methyl sites for hydroxylation is 1. The first-order valence-corrected chi connectivity index (χ1v) is 6.12. The summed E-state index contributed by atoms with van der Waals surface area (Å²) in [6.07, 6.45) is 3.61. The highest BCUT2D eigenvalue weighted by molar-refractivity contribution is 5.43. The molecule has 0 aromatic carbocycles. The molecular weight excluding hydrogens is 232 g/mol. The van der Waals surface area contributed by atoms with Crippen LogP contribution in [-0.2, 0) is 13.0 Å². The van der Waals surface area contributed by atoms with Crippen molar-refractivity contribution in [3.05, 3.63) is 12.0 Å². The van der Waals surface area contributed by atoms with Gasteiger partial charge in [-0.05, 0) is 12.3 Å². The van der Waals surface area contributed by atoms with Gasteiger partial charge in [0.25, 0.3) is 5.89 Å². The number of rotatable bonds is 6. The van der Waals surface area contributed by atoms with Gasteiger partial charge in [0.05, 0.1) is 12.7 Å². The largest absolute Gasteiger partial charge is 0.332 e. The van der Waals surface area contributed by atoms with E-state index < -0.39 is 0 Å². The maximum atomic E-state index is 5.44. The van der Waals surface area contributed by atoms with Gasteiger partial charge < -0.3 is 10.3 Å². The number of nitrogens with two attached hydrogens (primary N) is 1. The molecule has 0 saturated heterocycles. The van der Waals surface area contributed by atoms with Crippen molar-refractivity contribution in [1.82, 2.24) is 25.1 Å². The van der Waals surface area contributed by atoms with Crippen LogP contribution in [0.2, 0.25) is 0 Å². The van der Waals surface area contributed by atoms with Crippen molar-refractivity contribution >= 4 is 0 Å². The Bertz CT molecular complexity index is 489. The Labute approximate surface area is 105 Å². The molecule has 2 aromatic heterocycles. The minimum Gasteiger partial charge on any atom is -0.332 e. The van der Waals surface area contributed by atoms with Crippen LogP contribution < -0.4 is 5.73 Å². The standard InChI is InChI=1S/C11H18N6O/c1-8(2)3-4-10-13-11(18-15-10)9-7-17(6-5-12)16-14-9/h7-8H,3-6,12H2,1-2H3. The van der Waals surface area contributed by atoms with Crippen molar-refractivity contribution in [2.45, 2.75) is 33.2 Å². The Morgan fingerprint density at radius 3 is 3.00 bits per heavy atom. The molecule has 0 aliphatic rings. The normalized spacial score (nSPS) is 11.3. The zero-order valence-corrected chi connectivity index (χ0v) is 10.7. The Balaban J connectivity index is 2.04. The Morgan fingerprint density at radius 1 is 1.44 bits per heavy atom. The van der Waals surface area contributed by atoms with E-state index in [1.54, 1.807) is 10.9 Å². The van der Waals surface area contributed by atoms with E-state index in [1.165, 1.54) is 0 Å². The number of aromatic nitrogens is 5. The molecule has 0 fully saturated rings. The second kappa shape index (κ2) is 5.72. The molecule has 7 heteroatoms. The van der Waals surface area contributed by atoms with Crippen molar-refractivity contribution in [3.8, 4) is 11.6 Å². The van der Waals surface area contributed by atoms with Gasteiger partial charge in [0.15, 0.2) is 11.5 Å². The van der Waals surface area contributed by atoms with Gasteiger partial charge in [0.1, 0.15) is 0 Å². The highest BCUT2D eigenvalue weighted by atomic mass is 16.5. The lowest BCUT2D eigenvalue weighted by atomic mass is 10.1. The first-order valence-electron chi connectivity index (χ1n) is 6.12. The van der Waals surface area contributed by atoms with E-state index in [2.05, 4.69) is 34.3 Å². The van der Waals surface area contributed by atoms with E-state index in [9.17, 15) is 0 Å². The molecule has 98 valence electrons. The summed E-state index contributed by atoms with van der Waals surface area (Å²) >= 11 is 0. The molecule has 0 aliphatic heterocycles. The van der Waals surface area contributed by atoms with Crippen LogP contribution in [0.3, 0.4) is 0 Å². The second-order valence-electron chi connectivity index (χ2n) is 4.60. The van der Waals surface area contributed by atoms with Crippen LogP contribution in [0, 0.1) is 5.92 Å². The maximum absolute atomic E-state index is 5.44. The van der Waals surface area contributed by atoms with Gasteiger partial charge in [-0.1, -0.05) is 24.2 Å². The Morgan fingerprint density at radius 2 is 2.28 bits per heavy atom. The molecule has 2 N–H and O–H groups in total. The summed E-state index contributed by atoms with van der Waals surface area (Å²) in [6.45, 7) is 5.48. The Hall–Kier alpha value is -1.76. The van der Waals surface area contributed by atoms with Crippen LogP contribution in [0.4, 0.5) is 0 Å². The summed E-state index contributed by atoms with van der Waals surface area (Å²) in [5.74, 6) is 1.75. The fourth-order valence-corrected chi connectivity index (χ4v) is 1.52. The van der Waals surface area contributed by atoms with Gasteiger partial charge in [0.2, 0.25) is 0 Å². The van der Waals surface area contributed by atoms with E-state index in [4.69, 9.17) is 10.3 Å². The molecule has 2 aromatic rings. The van der Waals surface area contributed by atoms with Crippen molar-refractivity contribution < 1.29 is 4.52 Å². The summed E-state index contributed by atoms with van der Waals surface area (Å²) in [6, 6.07) is 0. The third kappa shape index (κ3) is 3.13. The van der Waals surface area contributed by atoms with Gasteiger partial charge in [-0.3, -0.25) is 4.68 Å². The lowest BCUT2D eigenvalue weighted by Gasteiger charge is -1.98. The molecule has 0 saturated carbocycles. The first kappa shape index (κ1) is 12.7. The second-order valence-corrected chi connectivity index (χ2v) is 4.60. The predicted octanol–water partition coefficient (Wildman–Crippen LogP) is 0.875. The van der Waals surface area contributed by atoms with E-state index in [-0.39, 0.29) is 0 Å². The van der Waals surface area contributed by atoms with E-state index in [0.717, 1.165) is 12.8 Å². The van der Waals surface area contributed by atoms with Crippen molar-refractivity contribution in [2.75, 3.05) is 6.54 Å². The molecular formula is C11H18N6O. The van der Waals surface area contributed by atoms with Crippen molar-refractivity contribution in [1.29, 1.82) is 0 Å². The highest BCUT2D eigenvalue weighted by Gasteiger charge is 2.12. The number of hydrogen-bond donors (Lipinski definition) is 1. The molecule has 0 radical (unpaired) electrons. The minimum absolute atomic E-state index is 0.414. The van der Waals surface area contributed by atoms with Gasteiger partial charge >= 0.3 is 0 Å². The zero-order chi connectivity index (χ0) is 13.0. The molecule has 18 heavy (non-hydrogen) atoms. The van der Waals surface area contributed by atoms with Crippen molar-refractivity contribution in [3.63, 3.8) is 0 Å². The molecule has 0 spiro atoms. The summed E-state index contributed by atoms with van der Waals surface area (Å²) in [5, 5.41) is 11.8. The van der Waals surface area contributed by atoms with E-state index in [1.807, 2.05) is 0 Å². The molecule has 2 rings (SSSR count). The quantitative estimate of drug-likeness (QED) is 0.817. The average Bonchev–Trinajstić information content (AvgIpc) is 2.94. The van der Waals surface area contributed by atoms with Gasteiger partial charge in [-0.15, -0.1) is 5.10 Å². The lowest BCUT2D eigenvalue weighted by Crippen LogP contribution is -2.10. The topological polar surface area (TPSA) is 95.7 Å². The average molecular weight is 250 g/mol. The zero-order valence-electron chi connectivity index (χ0n) is 10.7. The maximum Gasteiger partial charge on any atom is 0.280 e. The van der Waals surface area contributed by atoms with Crippen LogP contribution in [0.15, 0.2) is 10.7 Å². The monoisotopic (exact) mass is 250 g/mol. The highest BCUT2D eigenvalue weighted by Crippen LogP contribution is 2.14. The molecule has 0 atom stereocenters. The fraction of sp³-hybridized carbons (Fsp3) is 0.636. The van der Waals surface area contributed by atoms with Crippen LogP contribution in [0.5, 0.6) is 0 Å². The summed E-state index contributed by atoms with van der Waals surface area (Å²) < 4.78 is 6.83. The van der Waals surface area contributed by atoms with Gasteiger partial charge in [0, 0.05) is 13.0 Å². The molecule has 2 heterocycles. The third-order valence-corrected chi connectivity index (χ3v) is 2.53. The number of hydrogen-bond acceptors (Lipinski definition) is 6. The minimum atomic E-state index is 0.414. The van der Waals surface area contributed by atoms with Crippen LogP contribution in [0.1, 0.15) is 26.1 Å². The summed E-state index contributed by atoms with van der Waals surface area (Å²) in [5.41, 5.74) is 6.03. The third-order valence-electron chi connectivity index (χ3n) is 2.53.